The Kier molecular flexibility index (Phi) is 4.71. The summed E-state index contributed by atoms with van der Waals surface area (Å²) in [6.07, 6.45) is 9.25. The second-order valence-corrected chi connectivity index (χ2v) is 8.08. The van der Waals surface area contributed by atoms with Crippen LogP contribution in [0, 0.1) is 18.3 Å². The van der Waals surface area contributed by atoms with Crippen LogP contribution in [0.1, 0.15) is 32.1 Å². The minimum Gasteiger partial charge on any atom is -0.328 e. The van der Waals surface area contributed by atoms with Gasteiger partial charge in [-0.05, 0) is 25.7 Å². The number of hydrogen-bond acceptors (Lipinski definition) is 4. The van der Waals surface area contributed by atoms with Crippen molar-refractivity contribution in [1.82, 2.24) is 4.90 Å². The third kappa shape index (κ3) is 3.53. The molecule has 0 bridgehead atoms. The van der Waals surface area contributed by atoms with Gasteiger partial charge in [-0.2, -0.15) is 0 Å². The van der Waals surface area contributed by atoms with Crippen molar-refractivity contribution < 1.29 is 13.2 Å². The number of carbonyl (C=O) groups excluding carboxylic acids is 1. The van der Waals surface area contributed by atoms with E-state index in [-0.39, 0.29) is 42.0 Å². The van der Waals surface area contributed by atoms with Crippen LogP contribution in [0.4, 0.5) is 0 Å². The van der Waals surface area contributed by atoms with Gasteiger partial charge in [0.15, 0.2) is 9.84 Å². The summed E-state index contributed by atoms with van der Waals surface area (Å²) in [4.78, 5) is 14.2. The zero-order valence-electron chi connectivity index (χ0n) is 11.6. The van der Waals surface area contributed by atoms with Crippen LogP contribution in [-0.2, 0) is 14.6 Å². The van der Waals surface area contributed by atoms with E-state index in [1.54, 1.807) is 4.90 Å². The van der Waals surface area contributed by atoms with E-state index in [1.165, 1.54) is 0 Å². The first-order chi connectivity index (χ1) is 9.43. The van der Waals surface area contributed by atoms with Gasteiger partial charge in [0.2, 0.25) is 5.91 Å². The minimum atomic E-state index is -3.02. The van der Waals surface area contributed by atoms with Crippen LogP contribution in [0.2, 0.25) is 0 Å². The first kappa shape index (κ1) is 15.3. The summed E-state index contributed by atoms with van der Waals surface area (Å²) in [5, 5.41) is 0. The number of hydrogen-bond donors (Lipinski definition) is 1. The van der Waals surface area contributed by atoms with Gasteiger partial charge in [0.05, 0.1) is 18.1 Å². The summed E-state index contributed by atoms with van der Waals surface area (Å²) in [7, 11) is -3.02. The predicted octanol–water partition coefficient (Wildman–Crippen LogP) is 0.153. The Morgan fingerprint density at radius 1 is 1.35 bits per heavy atom. The Balaban J connectivity index is 2.08. The third-order valence-electron chi connectivity index (χ3n) is 4.26. The fourth-order valence-corrected chi connectivity index (χ4v) is 4.92. The van der Waals surface area contributed by atoms with Crippen LogP contribution in [0.15, 0.2) is 0 Å². The van der Waals surface area contributed by atoms with E-state index in [4.69, 9.17) is 12.2 Å². The Labute approximate surface area is 120 Å². The van der Waals surface area contributed by atoms with Crippen molar-refractivity contribution >= 4 is 15.7 Å². The molecule has 1 aliphatic carbocycles. The first-order valence-corrected chi connectivity index (χ1v) is 8.95. The van der Waals surface area contributed by atoms with Crippen LogP contribution < -0.4 is 5.73 Å². The van der Waals surface area contributed by atoms with Gasteiger partial charge in [-0.3, -0.25) is 4.79 Å². The highest BCUT2D eigenvalue weighted by atomic mass is 32.2. The molecule has 1 amide bonds. The molecule has 3 atom stereocenters. The lowest BCUT2D eigenvalue weighted by atomic mass is 9.85. The van der Waals surface area contributed by atoms with Crippen molar-refractivity contribution in [2.45, 2.75) is 44.2 Å². The van der Waals surface area contributed by atoms with Crippen molar-refractivity contribution in [2.24, 2.45) is 11.7 Å². The molecule has 1 aliphatic heterocycles. The molecule has 112 valence electrons. The number of carbonyl (C=O) groups is 1. The van der Waals surface area contributed by atoms with Crippen molar-refractivity contribution in [2.75, 3.05) is 18.1 Å². The maximum absolute atomic E-state index is 12.6. The first-order valence-electron chi connectivity index (χ1n) is 7.13. The molecule has 0 aromatic rings. The van der Waals surface area contributed by atoms with Crippen molar-refractivity contribution in [3.05, 3.63) is 0 Å². The van der Waals surface area contributed by atoms with Gasteiger partial charge in [0.1, 0.15) is 0 Å². The summed E-state index contributed by atoms with van der Waals surface area (Å²) in [5.74, 6) is 2.56. The lowest BCUT2D eigenvalue weighted by Gasteiger charge is -2.33. The summed E-state index contributed by atoms with van der Waals surface area (Å²) >= 11 is 0. The molecular formula is C14H22N2O3S. The van der Waals surface area contributed by atoms with Gasteiger partial charge >= 0.3 is 0 Å². The third-order valence-corrected chi connectivity index (χ3v) is 6.01. The second-order valence-electron chi connectivity index (χ2n) is 5.85. The molecule has 1 saturated carbocycles. The second kappa shape index (κ2) is 6.15. The number of nitrogens with zero attached hydrogens (tertiary/aromatic N) is 1. The molecule has 0 aromatic carbocycles. The van der Waals surface area contributed by atoms with E-state index in [0.29, 0.717) is 12.8 Å². The molecule has 20 heavy (non-hydrogen) atoms. The zero-order valence-corrected chi connectivity index (χ0v) is 12.4. The van der Waals surface area contributed by atoms with Crippen molar-refractivity contribution in [3.63, 3.8) is 0 Å². The Morgan fingerprint density at radius 2 is 2.10 bits per heavy atom. The van der Waals surface area contributed by atoms with E-state index in [1.807, 2.05) is 0 Å². The van der Waals surface area contributed by atoms with Gasteiger partial charge in [0, 0.05) is 18.0 Å². The molecule has 3 unspecified atom stereocenters. The topological polar surface area (TPSA) is 80.5 Å². The van der Waals surface area contributed by atoms with E-state index in [9.17, 15) is 13.2 Å². The van der Waals surface area contributed by atoms with Crippen LogP contribution in [0.5, 0.6) is 0 Å². The molecular weight excluding hydrogens is 276 g/mol. The molecule has 2 N–H and O–H groups in total. The standard InChI is InChI=1S/C14H22N2O3S/c1-2-7-16(13-6-8-20(18,19)10-13)14(17)11-4-3-5-12(15)9-11/h1,11-13H,3-10,15H2. The van der Waals surface area contributed by atoms with Crippen LogP contribution in [-0.4, -0.2) is 49.4 Å². The van der Waals surface area contributed by atoms with E-state index in [2.05, 4.69) is 5.92 Å². The van der Waals surface area contributed by atoms with Gasteiger partial charge < -0.3 is 10.6 Å². The Bertz CT molecular complexity index is 509. The maximum atomic E-state index is 12.6. The lowest BCUT2D eigenvalue weighted by Crippen LogP contribution is -2.46. The molecule has 1 saturated heterocycles. The highest BCUT2D eigenvalue weighted by molar-refractivity contribution is 7.91. The fourth-order valence-electron chi connectivity index (χ4n) is 3.19. The SMILES string of the molecule is C#CCN(C(=O)C1CCCC(N)C1)C1CCS(=O)(=O)C1. The van der Waals surface area contributed by atoms with Crippen LogP contribution >= 0.6 is 0 Å². The predicted molar refractivity (Wildman–Crippen MR) is 77.5 cm³/mol. The lowest BCUT2D eigenvalue weighted by molar-refractivity contribution is -0.137. The Morgan fingerprint density at radius 3 is 2.65 bits per heavy atom. The maximum Gasteiger partial charge on any atom is 0.226 e. The molecule has 0 aromatic heterocycles. The van der Waals surface area contributed by atoms with Gasteiger partial charge in [-0.1, -0.05) is 12.3 Å². The smallest absolute Gasteiger partial charge is 0.226 e. The summed E-state index contributed by atoms with van der Waals surface area (Å²) in [6, 6.07) is -0.195. The molecule has 2 aliphatic rings. The number of nitrogens with two attached hydrogens (primary N) is 1. The summed E-state index contributed by atoms with van der Waals surface area (Å²) in [5.41, 5.74) is 5.93. The highest BCUT2D eigenvalue weighted by Crippen LogP contribution is 2.27. The molecule has 2 rings (SSSR count). The molecule has 2 fully saturated rings. The number of terminal acetylenes is 1. The fraction of sp³-hybridized carbons (Fsp3) is 0.786. The molecule has 0 spiro atoms. The van der Waals surface area contributed by atoms with Gasteiger partial charge in [-0.15, -0.1) is 6.42 Å². The van der Waals surface area contributed by atoms with E-state index < -0.39 is 9.84 Å². The summed E-state index contributed by atoms with van der Waals surface area (Å²) < 4.78 is 23.2. The van der Waals surface area contributed by atoms with Crippen LogP contribution in [0.3, 0.4) is 0 Å². The molecule has 5 nitrogen and oxygen atoms in total. The molecule has 1 heterocycles. The zero-order chi connectivity index (χ0) is 14.8. The molecule has 6 heteroatoms. The quantitative estimate of drug-likeness (QED) is 0.752. The van der Waals surface area contributed by atoms with Crippen molar-refractivity contribution in [1.29, 1.82) is 0 Å². The van der Waals surface area contributed by atoms with Crippen LogP contribution in [0.25, 0.3) is 0 Å². The Hall–Kier alpha value is -1.06. The number of rotatable bonds is 3. The van der Waals surface area contributed by atoms with E-state index >= 15 is 0 Å². The number of sulfone groups is 1. The van der Waals surface area contributed by atoms with E-state index in [0.717, 1.165) is 19.3 Å². The monoisotopic (exact) mass is 298 g/mol. The average Bonchev–Trinajstić information content (AvgIpc) is 2.75. The summed E-state index contributed by atoms with van der Waals surface area (Å²) in [6.45, 7) is 0.185. The molecule has 0 radical (unpaired) electrons. The van der Waals surface area contributed by atoms with Gasteiger partial charge in [-0.25, -0.2) is 8.42 Å². The normalized spacial score (nSPS) is 32.5. The van der Waals surface area contributed by atoms with Gasteiger partial charge in [0.25, 0.3) is 0 Å². The van der Waals surface area contributed by atoms with Crippen molar-refractivity contribution in [3.8, 4) is 12.3 Å². The largest absolute Gasteiger partial charge is 0.328 e. The average molecular weight is 298 g/mol. The minimum absolute atomic E-state index is 0.0137. The number of amides is 1. The highest BCUT2D eigenvalue weighted by Gasteiger charge is 2.37.